The first-order valence-corrected chi connectivity index (χ1v) is 7.95. The second kappa shape index (κ2) is 7.42. The van der Waals surface area contributed by atoms with Gasteiger partial charge in [-0.2, -0.15) is 0 Å². The van der Waals surface area contributed by atoms with E-state index in [-0.39, 0.29) is 5.41 Å². The third kappa shape index (κ3) is 3.98. The van der Waals surface area contributed by atoms with Gasteiger partial charge >= 0.3 is 11.9 Å². The largest absolute Gasteiger partial charge is 0.473 e. The fourth-order valence-corrected chi connectivity index (χ4v) is 4.04. The van der Waals surface area contributed by atoms with E-state index < -0.39 is 17.5 Å². The molecule has 6 heteroatoms. The fourth-order valence-electron chi connectivity index (χ4n) is 4.04. The van der Waals surface area contributed by atoms with Crippen LogP contribution in [0.1, 0.15) is 58.8 Å². The van der Waals surface area contributed by atoms with E-state index in [0.717, 1.165) is 25.7 Å². The van der Waals surface area contributed by atoms with Gasteiger partial charge in [-0.1, -0.05) is 13.8 Å². The molecule has 2 aliphatic rings. The highest BCUT2D eigenvalue weighted by atomic mass is 16.4. The van der Waals surface area contributed by atoms with Gasteiger partial charge in [-0.15, -0.1) is 0 Å². The molecule has 0 amide bonds. The first-order valence-electron chi connectivity index (χ1n) is 7.95. The lowest BCUT2D eigenvalue weighted by atomic mass is 9.60. The molecule has 2 fully saturated rings. The number of aliphatic hydroxyl groups is 2. The molecule has 0 aromatic heterocycles. The van der Waals surface area contributed by atoms with Crippen LogP contribution in [-0.2, 0) is 9.59 Å². The summed E-state index contributed by atoms with van der Waals surface area (Å²) in [5.74, 6) is -2.35. The summed E-state index contributed by atoms with van der Waals surface area (Å²) in [6.45, 7) is 4.88. The number of fused-ring (bicyclic) bond motifs is 1. The predicted molar refractivity (Wildman–Crippen MR) is 80.4 cm³/mol. The normalized spacial score (nSPS) is 36.9. The van der Waals surface area contributed by atoms with Crippen LogP contribution in [-0.4, -0.2) is 44.6 Å². The maximum atomic E-state index is 10.8. The number of carbonyl (C=O) groups is 2. The lowest BCUT2D eigenvalue weighted by Crippen LogP contribution is -2.49. The van der Waals surface area contributed by atoms with E-state index in [1.165, 1.54) is 19.3 Å². The summed E-state index contributed by atoms with van der Waals surface area (Å²) >= 11 is 0. The first kappa shape index (κ1) is 18.9. The van der Waals surface area contributed by atoms with E-state index >= 15 is 0 Å². The van der Waals surface area contributed by atoms with Crippen LogP contribution in [0, 0.1) is 17.3 Å². The molecular weight excluding hydrogens is 288 g/mol. The molecule has 2 aliphatic carbocycles. The van der Waals surface area contributed by atoms with Crippen molar-refractivity contribution in [3.63, 3.8) is 0 Å². The number of hydrogen-bond acceptors (Lipinski definition) is 4. The van der Waals surface area contributed by atoms with E-state index in [1.54, 1.807) is 0 Å². The third-order valence-electron chi connectivity index (χ3n) is 5.79. The van der Waals surface area contributed by atoms with Gasteiger partial charge in [0, 0.05) is 6.61 Å². The van der Waals surface area contributed by atoms with Crippen molar-refractivity contribution in [2.45, 2.75) is 64.4 Å². The summed E-state index contributed by atoms with van der Waals surface area (Å²) in [6.07, 6.45) is 7.52. The van der Waals surface area contributed by atoms with E-state index in [9.17, 15) is 5.11 Å². The highest BCUT2D eigenvalue weighted by Crippen LogP contribution is 2.59. The molecule has 0 aliphatic heterocycles. The summed E-state index contributed by atoms with van der Waals surface area (Å²) in [6, 6.07) is 0. The summed E-state index contributed by atoms with van der Waals surface area (Å²) in [5.41, 5.74) is -0.256. The van der Waals surface area contributed by atoms with Crippen molar-refractivity contribution >= 4 is 11.9 Å². The number of carboxylic acids is 2. The maximum Gasteiger partial charge on any atom is 0.414 e. The van der Waals surface area contributed by atoms with E-state index in [2.05, 4.69) is 13.8 Å². The number of aliphatic hydroxyl groups excluding tert-OH is 1. The van der Waals surface area contributed by atoms with Crippen LogP contribution in [0.5, 0.6) is 0 Å². The molecule has 0 aromatic carbocycles. The first-order chi connectivity index (χ1) is 10.2. The molecule has 4 atom stereocenters. The quantitative estimate of drug-likeness (QED) is 0.591. The molecule has 4 N–H and O–H groups in total. The summed E-state index contributed by atoms with van der Waals surface area (Å²) in [4.78, 5) is 18.2. The van der Waals surface area contributed by atoms with E-state index in [1.807, 2.05) is 0 Å². The number of aliphatic carboxylic acids is 2. The average Bonchev–Trinajstić information content (AvgIpc) is 2.69. The highest BCUT2D eigenvalue weighted by Gasteiger charge is 2.56. The molecule has 2 saturated carbocycles. The number of hydrogen-bond donors (Lipinski definition) is 4. The van der Waals surface area contributed by atoms with Gasteiger partial charge in [-0.05, 0) is 62.2 Å². The topological polar surface area (TPSA) is 115 Å². The highest BCUT2D eigenvalue weighted by molar-refractivity contribution is 6.27. The van der Waals surface area contributed by atoms with Gasteiger partial charge in [-0.3, -0.25) is 0 Å². The number of rotatable bonds is 3. The summed E-state index contributed by atoms with van der Waals surface area (Å²) < 4.78 is 0. The second-order valence-electron chi connectivity index (χ2n) is 6.97. The van der Waals surface area contributed by atoms with Crippen molar-refractivity contribution in [2.75, 3.05) is 6.61 Å². The van der Waals surface area contributed by atoms with Crippen LogP contribution in [0.25, 0.3) is 0 Å². The van der Waals surface area contributed by atoms with Gasteiger partial charge < -0.3 is 20.4 Å². The molecule has 2 rings (SSSR count). The van der Waals surface area contributed by atoms with Crippen molar-refractivity contribution in [3.05, 3.63) is 0 Å². The van der Waals surface area contributed by atoms with Crippen LogP contribution < -0.4 is 0 Å². The van der Waals surface area contributed by atoms with Crippen molar-refractivity contribution < 1.29 is 30.0 Å². The third-order valence-corrected chi connectivity index (χ3v) is 5.79. The van der Waals surface area contributed by atoms with Gasteiger partial charge in [0.15, 0.2) is 0 Å². The maximum absolute atomic E-state index is 10.8. The van der Waals surface area contributed by atoms with Gasteiger partial charge in [0.25, 0.3) is 0 Å². The Bertz CT molecular complexity index is 397. The Labute approximate surface area is 131 Å². The molecule has 0 aromatic rings. The molecule has 0 bridgehead atoms. The van der Waals surface area contributed by atoms with Crippen molar-refractivity contribution in [2.24, 2.45) is 17.3 Å². The van der Waals surface area contributed by atoms with Gasteiger partial charge in [0.05, 0.1) is 5.60 Å². The van der Waals surface area contributed by atoms with Gasteiger partial charge in [-0.25, -0.2) is 9.59 Å². The SMILES string of the molecule is CC1CCC2(O)CC(CCCO)CCC12C.O=C(O)C(=O)O. The summed E-state index contributed by atoms with van der Waals surface area (Å²) in [7, 11) is 0. The Hall–Kier alpha value is -1.14. The fraction of sp³-hybridized carbons (Fsp3) is 0.875. The summed E-state index contributed by atoms with van der Waals surface area (Å²) in [5, 5.41) is 34.5. The van der Waals surface area contributed by atoms with Crippen LogP contribution in [0.3, 0.4) is 0 Å². The molecule has 4 unspecified atom stereocenters. The molecule has 6 nitrogen and oxygen atoms in total. The molecular formula is C16H28O6. The monoisotopic (exact) mass is 316 g/mol. The molecule has 22 heavy (non-hydrogen) atoms. The standard InChI is InChI=1S/C14H26O2.C2H2O4/c1-11-5-8-14(16)10-12(4-3-9-15)6-7-13(11,14)2;3-1(4)2(5)6/h11-12,15-16H,3-10H2,1-2H3;(H,3,4)(H,5,6). The van der Waals surface area contributed by atoms with Crippen LogP contribution in [0.2, 0.25) is 0 Å². The molecule has 128 valence electrons. The zero-order valence-corrected chi connectivity index (χ0v) is 13.4. The van der Waals surface area contributed by atoms with Gasteiger partial charge in [0.2, 0.25) is 0 Å². The minimum absolute atomic E-state index is 0.155. The lowest BCUT2D eigenvalue weighted by molar-refractivity contribution is -0.159. The lowest BCUT2D eigenvalue weighted by Gasteiger charge is -2.49. The molecule has 0 spiro atoms. The number of carboxylic acid groups (broad SMARTS) is 2. The average molecular weight is 316 g/mol. The second-order valence-corrected chi connectivity index (χ2v) is 6.97. The van der Waals surface area contributed by atoms with E-state index in [0.29, 0.717) is 18.4 Å². The van der Waals surface area contributed by atoms with Crippen molar-refractivity contribution in [3.8, 4) is 0 Å². The van der Waals surface area contributed by atoms with Crippen molar-refractivity contribution in [1.29, 1.82) is 0 Å². The van der Waals surface area contributed by atoms with Crippen LogP contribution in [0.4, 0.5) is 0 Å². The zero-order valence-electron chi connectivity index (χ0n) is 13.4. The van der Waals surface area contributed by atoms with E-state index in [4.69, 9.17) is 24.9 Å². The molecule has 0 saturated heterocycles. The molecule has 0 radical (unpaired) electrons. The zero-order chi connectivity index (χ0) is 17.0. The minimum atomic E-state index is -1.82. The Kier molecular flexibility index (Phi) is 6.38. The Morgan fingerprint density at radius 2 is 1.73 bits per heavy atom. The van der Waals surface area contributed by atoms with Crippen molar-refractivity contribution in [1.82, 2.24) is 0 Å². The van der Waals surface area contributed by atoms with Gasteiger partial charge in [0.1, 0.15) is 0 Å². The Balaban J connectivity index is 0.000000346. The van der Waals surface area contributed by atoms with Crippen LogP contribution in [0.15, 0.2) is 0 Å². The Morgan fingerprint density at radius 1 is 1.14 bits per heavy atom. The Morgan fingerprint density at radius 3 is 2.23 bits per heavy atom. The van der Waals surface area contributed by atoms with Crippen LogP contribution >= 0.6 is 0 Å². The molecule has 0 heterocycles. The smallest absolute Gasteiger partial charge is 0.414 e. The predicted octanol–water partition coefficient (Wildman–Crippen LogP) is 1.88. The minimum Gasteiger partial charge on any atom is -0.473 e.